The summed E-state index contributed by atoms with van der Waals surface area (Å²) in [6.45, 7) is 7.77. The number of anilines is 3. The second kappa shape index (κ2) is 11.8. The summed E-state index contributed by atoms with van der Waals surface area (Å²) in [5.41, 5.74) is 3.84. The van der Waals surface area contributed by atoms with Crippen molar-refractivity contribution in [3.63, 3.8) is 0 Å². The fourth-order valence-corrected chi connectivity index (χ4v) is 5.50. The summed E-state index contributed by atoms with van der Waals surface area (Å²) >= 11 is 0. The van der Waals surface area contributed by atoms with Crippen LogP contribution in [0.3, 0.4) is 0 Å². The van der Waals surface area contributed by atoms with Crippen LogP contribution in [-0.2, 0) is 20.2 Å². The Morgan fingerprint density at radius 2 is 1.35 bits per heavy atom. The van der Waals surface area contributed by atoms with E-state index < -0.39 is 22.5 Å². The second-order valence-corrected chi connectivity index (χ2v) is 12.4. The van der Waals surface area contributed by atoms with E-state index in [-0.39, 0.29) is 16.2 Å². The molecule has 0 aliphatic rings. The van der Waals surface area contributed by atoms with E-state index in [4.69, 9.17) is 0 Å². The molecule has 0 spiro atoms. The van der Waals surface area contributed by atoms with Gasteiger partial charge in [-0.3, -0.25) is 13.9 Å². The van der Waals surface area contributed by atoms with Crippen molar-refractivity contribution in [3.8, 4) is 0 Å². The summed E-state index contributed by atoms with van der Waals surface area (Å²) in [7, 11) is -4.01. The Morgan fingerprint density at radius 1 is 0.750 bits per heavy atom. The largest absolute Gasteiger partial charge is 0.324 e. The van der Waals surface area contributed by atoms with Crippen molar-refractivity contribution in [2.45, 2.75) is 38.0 Å². The van der Waals surface area contributed by atoms with E-state index in [9.17, 15) is 18.0 Å². The number of rotatable bonds is 8. The number of para-hydroxylation sites is 1. The molecule has 0 aliphatic carbocycles. The van der Waals surface area contributed by atoms with Crippen LogP contribution in [0.1, 0.15) is 42.3 Å². The number of carbonyl (C=O) groups is 2. The third kappa shape index (κ3) is 6.95. The average molecular weight is 556 g/mol. The molecule has 0 atom stereocenters. The quantitative estimate of drug-likeness (QED) is 0.264. The molecule has 0 aromatic heterocycles. The summed E-state index contributed by atoms with van der Waals surface area (Å²) < 4.78 is 28.1. The van der Waals surface area contributed by atoms with E-state index in [0.717, 1.165) is 15.4 Å². The molecular formula is C32H33N3O4S. The minimum absolute atomic E-state index is 0.0168. The number of hydrogen-bond acceptors (Lipinski definition) is 4. The maximum Gasteiger partial charge on any atom is 0.264 e. The van der Waals surface area contributed by atoms with Crippen LogP contribution in [0.5, 0.6) is 0 Å². The highest BCUT2D eigenvalue weighted by Crippen LogP contribution is 2.25. The first-order valence-corrected chi connectivity index (χ1v) is 14.3. The molecule has 2 amide bonds. The third-order valence-corrected chi connectivity index (χ3v) is 8.15. The Labute approximate surface area is 235 Å². The number of carbonyl (C=O) groups excluding carboxylic acids is 2. The third-order valence-electron chi connectivity index (χ3n) is 6.36. The molecule has 7 nitrogen and oxygen atoms in total. The maximum absolute atomic E-state index is 13.5. The molecule has 0 aliphatic heterocycles. The monoisotopic (exact) mass is 555 g/mol. The lowest BCUT2D eigenvalue weighted by Gasteiger charge is -2.24. The van der Waals surface area contributed by atoms with Gasteiger partial charge in [-0.1, -0.05) is 74.9 Å². The van der Waals surface area contributed by atoms with E-state index in [1.54, 1.807) is 78.9 Å². The maximum atomic E-state index is 13.5. The second-order valence-electron chi connectivity index (χ2n) is 10.6. The molecule has 40 heavy (non-hydrogen) atoms. The lowest BCUT2D eigenvalue weighted by molar-refractivity contribution is -0.114. The van der Waals surface area contributed by atoms with Crippen LogP contribution in [-0.4, -0.2) is 26.8 Å². The molecule has 0 fully saturated rings. The smallest absolute Gasteiger partial charge is 0.264 e. The normalized spacial score (nSPS) is 11.5. The van der Waals surface area contributed by atoms with Crippen molar-refractivity contribution in [3.05, 3.63) is 120 Å². The Hall–Kier alpha value is -4.43. The van der Waals surface area contributed by atoms with Gasteiger partial charge >= 0.3 is 0 Å². The summed E-state index contributed by atoms with van der Waals surface area (Å²) in [6.07, 6.45) is 0. The van der Waals surface area contributed by atoms with E-state index >= 15 is 0 Å². The molecule has 0 heterocycles. The Balaban J connectivity index is 1.49. The lowest BCUT2D eigenvalue weighted by atomic mass is 9.87. The van der Waals surface area contributed by atoms with Gasteiger partial charge in [-0.25, -0.2) is 8.42 Å². The van der Waals surface area contributed by atoms with Crippen molar-refractivity contribution >= 4 is 38.9 Å². The molecule has 206 valence electrons. The molecular weight excluding hydrogens is 522 g/mol. The van der Waals surface area contributed by atoms with Crippen molar-refractivity contribution in [1.82, 2.24) is 0 Å². The minimum Gasteiger partial charge on any atom is -0.324 e. The van der Waals surface area contributed by atoms with E-state index in [2.05, 4.69) is 31.4 Å². The van der Waals surface area contributed by atoms with Crippen LogP contribution >= 0.6 is 0 Å². The van der Waals surface area contributed by atoms with Gasteiger partial charge in [0, 0.05) is 16.9 Å². The first-order chi connectivity index (χ1) is 18.9. The predicted octanol–water partition coefficient (Wildman–Crippen LogP) is 6.38. The molecule has 4 aromatic rings. The van der Waals surface area contributed by atoms with Gasteiger partial charge in [-0.15, -0.1) is 0 Å². The van der Waals surface area contributed by atoms with Crippen molar-refractivity contribution in [2.75, 3.05) is 21.5 Å². The zero-order valence-corrected chi connectivity index (χ0v) is 23.8. The summed E-state index contributed by atoms with van der Waals surface area (Å²) in [5, 5.41) is 5.61. The van der Waals surface area contributed by atoms with Crippen molar-refractivity contribution in [2.24, 2.45) is 0 Å². The van der Waals surface area contributed by atoms with Gasteiger partial charge in [-0.2, -0.15) is 0 Å². The molecule has 2 N–H and O–H groups in total. The van der Waals surface area contributed by atoms with Gasteiger partial charge < -0.3 is 10.6 Å². The van der Waals surface area contributed by atoms with Crippen LogP contribution in [0.15, 0.2) is 108 Å². The fourth-order valence-electron chi connectivity index (χ4n) is 4.08. The fraction of sp³-hybridized carbons (Fsp3) is 0.188. The van der Waals surface area contributed by atoms with Gasteiger partial charge in [0.05, 0.1) is 10.6 Å². The van der Waals surface area contributed by atoms with Crippen LogP contribution < -0.4 is 14.9 Å². The summed E-state index contributed by atoms with van der Waals surface area (Å²) in [4.78, 5) is 26.0. The molecule has 4 rings (SSSR count). The van der Waals surface area contributed by atoms with Crippen molar-refractivity contribution in [1.29, 1.82) is 0 Å². The van der Waals surface area contributed by atoms with E-state index in [1.165, 1.54) is 12.1 Å². The highest BCUT2D eigenvalue weighted by atomic mass is 32.2. The van der Waals surface area contributed by atoms with Crippen molar-refractivity contribution < 1.29 is 18.0 Å². The summed E-state index contributed by atoms with van der Waals surface area (Å²) in [5.74, 6) is -0.802. The number of amides is 2. The van der Waals surface area contributed by atoms with Crippen LogP contribution in [0.4, 0.5) is 17.1 Å². The van der Waals surface area contributed by atoms with Crippen LogP contribution in [0, 0.1) is 6.92 Å². The van der Waals surface area contributed by atoms with E-state index in [1.807, 2.05) is 19.1 Å². The number of hydrogen-bond donors (Lipinski definition) is 2. The minimum atomic E-state index is -4.01. The first kappa shape index (κ1) is 28.6. The number of nitrogens with one attached hydrogen (secondary N) is 2. The van der Waals surface area contributed by atoms with Gasteiger partial charge in [0.2, 0.25) is 5.91 Å². The molecule has 0 radical (unpaired) electrons. The highest BCUT2D eigenvalue weighted by Gasteiger charge is 2.27. The molecule has 0 bridgehead atoms. The SMILES string of the molecule is Cc1ccc(S(=O)(=O)N(CC(=O)Nc2cccc(NC(=O)c3ccc(C(C)(C)C)cc3)c2)c2ccccc2)cc1. The topological polar surface area (TPSA) is 95.6 Å². The van der Waals surface area contributed by atoms with Gasteiger partial charge in [0.25, 0.3) is 15.9 Å². The predicted molar refractivity (Wildman–Crippen MR) is 160 cm³/mol. The average Bonchev–Trinajstić information content (AvgIpc) is 2.92. The van der Waals surface area contributed by atoms with Crippen LogP contribution in [0.2, 0.25) is 0 Å². The van der Waals surface area contributed by atoms with Crippen LogP contribution in [0.25, 0.3) is 0 Å². The molecule has 8 heteroatoms. The highest BCUT2D eigenvalue weighted by molar-refractivity contribution is 7.92. The zero-order chi connectivity index (χ0) is 28.9. The van der Waals surface area contributed by atoms with Gasteiger partial charge in [0.15, 0.2) is 0 Å². The molecule has 4 aromatic carbocycles. The first-order valence-electron chi connectivity index (χ1n) is 12.9. The molecule has 0 saturated heterocycles. The molecule has 0 saturated carbocycles. The zero-order valence-electron chi connectivity index (χ0n) is 23.0. The van der Waals surface area contributed by atoms with Gasteiger partial charge in [0.1, 0.15) is 6.54 Å². The Bertz CT molecular complexity index is 1590. The lowest BCUT2D eigenvalue weighted by Crippen LogP contribution is -2.38. The molecule has 0 unspecified atom stereocenters. The number of sulfonamides is 1. The van der Waals surface area contributed by atoms with E-state index in [0.29, 0.717) is 22.6 Å². The number of nitrogens with zero attached hydrogens (tertiary/aromatic N) is 1. The standard InChI is InChI=1S/C32H33N3O4S/c1-23-13-19-29(20-14-23)40(38,39)35(28-11-6-5-7-12-28)22-30(36)33-26-9-8-10-27(21-26)34-31(37)24-15-17-25(18-16-24)32(2,3)4/h5-21H,22H2,1-4H3,(H,33,36)(H,34,37). The Kier molecular flexibility index (Phi) is 8.40. The Morgan fingerprint density at radius 3 is 1.95 bits per heavy atom. The number of benzene rings is 4. The number of aryl methyl sites for hydroxylation is 1. The summed E-state index contributed by atoms with van der Waals surface area (Å²) in [6, 6.07) is 29.2. The van der Waals surface area contributed by atoms with Gasteiger partial charge in [-0.05, 0) is 72.5 Å².